The Bertz CT molecular complexity index is 908. The number of hydrogen-bond acceptors (Lipinski definition) is 3. The zero-order valence-corrected chi connectivity index (χ0v) is 18.3. The first-order valence-electron chi connectivity index (χ1n) is 9.16. The molecule has 0 aromatic carbocycles. The topological polar surface area (TPSA) is 55.4 Å². The van der Waals surface area contributed by atoms with Gasteiger partial charge < -0.3 is 10.1 Å². The van der Waals surface area contributed by atoms with E-state index in [-0.39, 0.29) is 0 Å². The van der Waals surface area contributed by atoms with Gasteiger partial charge in [-0.3, -0.25) is 4.79 Å². The van der Waals surface area contributed by atoms with Gasteiger partial charge in [0.1, 0.15) is 5.54 Å². The first-order valence-corrected chi connectivity index (χ1v) is 9.16. The maximum absolute atomic E-state index is 13.7. The van der Waals surface area contributed by atoms with Gasteiger partial charge >= 0.3 is 53.6 Å². The monoisotopic (exact) mass is 603 g/mol. The lowest BCUT2D eigenvalue weighted by molar-refractivity contribution is -0.461. The lowest BCUT2D eigenvalue weighted by atomic mass is 9.88. The van der Waals surface area contributed by atoms with E-state index in [1.165, 1.54) is 0 Å². The number of halogens is 17. The summed E-state index contributed by atoms with van der Waals surface area (Å²) in [6.07, 6.45) is -10.2. The predicted octanol–water partition coefficient (Wildman–Crippen LogP) is 6.01. The van der Waals surface area contributed by atoms with Gasteiger partial charge in [-0.05, 0) is 19.9 Å². The number of amides is 1. The quantitative estimate of drug-likeness (QED) is 0.169. The smallest absolute Gasteiger partial charge is 0.460 e. The third kappa shape index (κ3) is 5.46. The molecule has 0 bridgehead atoms. The summed E-state index contributed by atoms with van der Waals surface area (Å²) < 4.78 is 228. The summed E-state index contributed by atoms with van der Waals surface area (Å²) in [6.45, 7) is 2.44. The van der Waals surface area contributed by atoms with Gasteiger partial charge in [0.05, 0.1) is 13.0 Å². The van der Waals surface area contributed by atoms with E-state index in [4.69, 9.17) is 0 Å². The van der Waals surface area contributed by atoms with E-state index >= 15 is 0 Å². The van der Waals surface area contributed by atoms with E-state index in [1.807, 2.05) is 0 Å². The van der Waals surface area contributed by atoms with Gasteiger partial charge in [0, 0.05) is 0 Å². The molecule has 0 atom stereocenters. The number of carbonyl (C=O) groups is 2. The average molecular weight is 603 g/mol. The highest BCUT2D eigenvalue weighted by Crippen LogP contribution is 2.64. The van der Waals surface area contributed by atoms with Gasteiger partial charge in [0.2, 0.25) is 5.91 Å². The number of esters is 1. The SMILES string of the molecule is C=CC(=O)NC(C)(C)C(=O)OCCC(F)(F)C(F)(F)C(F)(F)C(F)(F)C(F)(F)C(F)(F)C(F)(F)C(F)(F)F. The molecule has 0 aliphatic carbocycles. The molecule has 0 unspecified atom stereocenters. The largest absolute Gasteiger partial charge is 0.464 e. The summed E-state index contributed by atoms with van der Waals surface area (Å²) in [5.41, 5.74) is -2.16. The Labute approximate surface area is 200 Å². The van der Waals surface area contributed by atoms with Crippen LogP contribution in [0.1, 0.15) is 20.3 Å². The summed E-state index contributed by atoms with van der Waals surface area (Å²) in [6, 6.07) is 0. The Balaban J connectivity index is 6.18. The van der Waals surface area contributed by atoms with Gasteiger partial charge in [-0.2, -0.15) is 74.6 Å². The van der Waals surface area contributed by atoms with E-state index in [1.54, 1.807) is 5.32 Å². The Morgan fingerprint density at radius 2 is 1.00 bits per heavy atom. The lowest BCUT2D eigenvalue weighted by Crippen LogP contribution is -2.74. The molecule has 0 aromatic heterocycles. The number of nitrogens with one attached hydrogen (secondary N) is 1. The molecule has 0 spiro atoms. The van der Waals surface area contributed by atoms with Crippen LogP contribution in [-0.4, -0.2) is 71.7 Å². The van der Waals surface area contributed by atoms with Crippen LogP contribution in [0, 0.1) is 0 Å². The predicted molar refractivity (Wildman–Crippen MR) is 88.7 cm³/mol. The van der Waals surface area contributed by atoms with Crippen LogP contribution in [-0.2, 0) is 14.3 Å². The molecule has 0 saturated carbocycles. The first kappa shape index (κ1) is 35.5. The normalized spacial score (nSPS) is 15.2. The van der Waals surface area contributed by atoms with Crippen molar-refractivity contribution in [2.24, 2.45) is 0 Å². The van der Waals surface area contributed by atoms with E-state index in [9.17, 15) is 84.2 Å². The second-order valence-electron chi connectivity index (χ2n) is 7.85. The maximum atomic E-state index is 13.7. The molecule has 1 N–H and O–H groups in total. The van der Waals surface area contributed by atoms with Gasteiger partial charge in [-0.25, -0.2) is 4.79 Å². The molecule has 0 aliphatic rings. The van der Waals surface area contributed by atoms with Gasteiger partial charge in [0.25, 0.3) is 0 Å². The Morgan fingerprint density at radius 3 is 1.34 bits per heavy atom. The molecular weight excluding hydrogens is 589 g/mol. The van der Waals surface area contributed by atoms with Crippen LogP contribution in [0.4, 0.5) is 74.6 Å². The molecule has 0 rings (SSSR count). The van der Waals surface area contributed by atoms with Crippen LogP contribution in [0.25, 0.3) is 0 Å². The number of alkyl halides is 17. The van der Waals surface area contributed by atoms with Crippen LogP contribution in [0.5, 0.6) is 0 Å². The Morgan fingerprint density at radius 1 is 0.658 bits per heavy atom. The van der Waals surface area contributed by atoms with Gasteiger partial charge in [0.15, 0.2) is 0 Å². The van der Waals surface area contributed by atoms with Crippen LogP contribution in [0.3, 0.4) is 0 Å². The van der Waals surface area contributed by atoms with Crippen molar-refractivity contribution in [3.05, 3.63) is 12.7 Å². The van der Waals surface area contributed by atoms with Gasteiger partial charge in [-0.15, -0.1) is 0 Å². The average Bonchev–Trinajstić information content (AvgIpc) is 2.71. The second-order valence-corrected chi connectivity index (χ2v) is 7.85. The van der Waals surface area contributed by atoms with Crippen molar-refractivity contribution < 1.29 is 89.0 Å². The lowest BCUT2D eigenvalue weighted by Gasteiger charge is -2.42. The number of rotatable bonds is 12. The summed E-state index contributed by atoms with van der Waals surface area (Å²) in [7, 11) is 0. The minimum Gasteiger partial charge on any atom is -0.464 e. The first-order chi connectivity index (χ1) is 16.3. The van der Waals surface area contributed by atoms with E-state index < -0.39 is 78.1 Å². The van der Waals surface area contributed by atoms with Gasteiger partial charge in [-0.1, -0.05) is 6.58 Å². The number of carbonyl (C=O) groups excluding carboxylic acids is 2. The van der Waals surface area contributed by atoms with E-state index in [2.05, 4.69) is 11.3 Å². The molecule has 21 heteroatoms. The van der Waals surface area contributed by atoms with E-state index in [0.717, 1.165) is 13.8 Å². The van der Waals surface area contributed by atoms with Crippen LogP contribution < -0.4 is 5.32 Å². The van der Waals surface area contributed by atoms with Crippen LogP contribution in [0.15, 0.2) is 12.7 Å². The molecule has 0 aliphatic heterocycles. The highest BCUT2D eigenvalue weighted by molar-refractivity contribution is 5.92. The molecule has 224 valence electrons. The third-order valence-corrected chi connectivity index (χ3v) is 4.57. The van der Waals surface area contributed by atoms with E-state index in [0.29, 0.717) is 6.08 Å². The minimum absolute atomic E-state index is 0.565. The summed E-state index contributed by atoms with van der Waals surface area (Å²) in [5, 5.41) is 1.80. The molecule has 0 saturated heterocycles. The van der Waals surface area contributed by atoms with Crippen molar-refractivity contribution in [1.82, 2.24) is 5.32 Å². The fourth-order valence-corrected chi connectivity index (χ4v) is 2.22. The zero-order valence-electron chi connectivity index (χ0n) is 18.3. The molecule has 0 fully saturated rings. The zero-order chi connectivity index (χ0) is 31.2. The standard InChI is InChI=1S/C17H14F17NO3/c1-4-7(36)35-9(2,3)8(37)38-6-5-10(18,19)11(20,21)12(22,23)13(24,25)14(26,27)15(28,29)16(30,31)17(32,33)34/h4H,1,5-6H2,2-3H3,(H,35,36). The molecule has 1 amide bonds. The number of ether oxygens (including phenoxy) is 1. The van der Waals surface area contributed by atoms with Crippen molar-refractivity contribution in [1.29, 1.82) is 0 Å². The summed E-state index contributed by atoms with van der Waals surface area (Å²) in [5.74, 6) is -60.1. The molecule has 0 aromatic rings. The van der Waals surface area contributed by atoms with Crippen LogP contribution in [0.2, 0.25) is 0 Å². The maximum Gasteiger partial charge on any atom is 0.460 e. The third-order valence-electron chi connectivity index (χ3n) is 4.57. The van der Waals surface area contributed by atoms with Crippen molar-refractivity contribution in [3.8, 4) is 0 Å². The molecule has 0 radical (unpaired) electrons. The second kappa shape index (κ2) is 9.91. The fourth-order valence-electron chi connectivity index (χ4n) is 2.22. The van der Waals surface area contributed by atoms with Crippen molar-refractivity contribution in [2.75, 3.05) is 6.61 Å². The van der Waals surface area contributed by atoms with Crippen molar-refractivity contribution in [3.63, 3.8) is 0 Å². The summed E-state index contributed by atoms with van der Waals surface area (Å²) >= 11 is 0. The molecule has 38 heavy (non-hydrogen) atoms. The van der Waals surface area contributed by atoms with Crippen molar-refractivity contribution in [2.45, 2.75) is 73.4 Å². The molecule has 0 heterocycles. The number of hydrogen-bond donors (Lipinski definition) is 1. The van der Waals surface area contributed by atoms with Crippen molar-refractivity contribution >= 4 is 11.9 Å². The Kier molecular flexibility index (Phi) is 9.25. The Hall–Kier alpha value is -2.51. The summed E-state index contributed by atoms with van der Waals surface area (Å²) in [4.78, 5) is 22.8. The molecule has 4 nitrogen and oxygen atoms in total. The fraction of sp³-hybridized carbons (Fsp3) is 0.765. The molecular formula is C17H14F17NO3. The van der Waals surface area contributed by atoms with Crippen LogP contribution >= 0.6 is 0 Å². The minimum atomic E-state index is -8.72. The highest BCUT2D eigenvalue weighted by Gasteiger charge is 2.95. The highest BCUT2D eigenvalue weighted by atomic mass is 19.4.